The lowest BCUT2D eigenvalue weighted by atomic mass is 10.3. The molecule has 17 heavy (non-hydrogen) atoms. The van der Waals surface area contributed by atoms with Gasteiger partial charge in [-0.25, -0.2) is 4.68 Å². The third-order valence-electron chi connectivity index (χ3n) is 2.15. The van der Waals surface area contributed by atoms with Gasteiger partial charge in [-0.2, -0.15) is 5.10 Å². The average Bonchev–Trinajstić information content (AvgIpc) is 2.85. The van der Waals surface area contributed by atoms with Crippen LogP contribution in [0.15, 0.2) is 39.7 Å². The topological polar surface area (TPSA) is 74.3 Å². The lowest BCUT2D eigenvalue weighted by Gasteiger charge is -2.03. The lowest BCUT2D eigenvalue weighted by Crippen LogP contribution is -2.26. The maximum absolute atomic E-state index is 11.5. The molecule has 0 N–H and O–H groups in total. The molecule has 0 aromatic carbocycles. The molecule has 0 saturated carbocycles. The van der Waals surface area contributed by atoms with E-state index in [0.717, 1.165) is 4.68 Å². The highest BCUT2D eigenvalue weighted by atomic mass is 16.5. The van der Waals surface area contributed by atoms with E-state index in [9.17, 15) is 9.59 Å². The number of carbonyl (C=O) groups is 1. The average molecular weight is 234 g/mol. The third-order valence-corrected chi connectivity index (χ3v) is 2.15. The van der Waals surface area contributed by atoms with Gasteiger partial charge in [0.2, 0.25) is 0 Å². The van der Waals surface area contributed by atoms with E-state index in [0.29, 0.717) is 11.5 Å². The van der Waals surface area contributed by atoms with Crippen LogP contribution >= 0.6 is 0 Å². The first-order valence-corrected chi connectivity index (χ1v) is 4.89. The van der Waals surface area contributed by atoms with Gasteiger partial charge in [0.05, 0.1) is 13.4 Å². The predicted octanol–water partition coefficient (Wildman–Crippen LogP) is 0.676. The second-order valence-electron chi connectivity index (χ2n) is 3.27. The molecule has 0 spiro atoms. The summed E-state index contributed by atoms with van der Waals surface area (Å²) in [4.78, 5) is 22.5. The van der Waals surface area contributed by atoms with E-state index >= 15 is 0 Å². The molecule has 0 radical (unpaired) electrons. The Morgan fingerprint density at radius 3 is 2.94 bits per heavy atom. The molecular formula is C11H10N2O4. The highest BCUT2D eigenvalue weighted by Crippen LogP contribution is 2.14. The van der Waals surface area contributed by atoms with Crippen LogP contribution in [0.3, 0.4) is 0 Å². The number of nitrogens with zero attached hydrogens (tertiary/aromatic N) is 2. The number of hydrogen-bond acceptors (Lipinski definition) is 5. The summed E-state index contributed by atoms with van der Waals surface area (Å²) in [6, 6.07) is 6.30. The number of hydrogen-bond donors (Lipinski definition) is 0. The van der Waals surface area contributed by atoms with E-state index in [1.54, 1.807) is 12.1 Å². The van der Waals surface area contributed by atoms with Crippen LogP contribution in [-0.4, -0.2) is 22.9 Å². The molecule has 0 aliphatic carbocycles. The van der Waals surface area contributed by atoms with Crippen molar-refractivity contribution in [1.29, 1.82) is 0 Å². The Morgan fingerprint density at radius 1 is 1.47 bits per heavy atom. The molecule has 6 heteroatoms. The first kappa shape index (κ1) is 11.1. The molecular weight excluding hydrogens is 224 g/mol. The van der Waals surface area contributed by atoms with Crippen LogP contribution in [0.25, 0.3) is 11.5 Å². The van der Waals surface area contributed by atoms with Crippen LogP contribution < -0.4 is 5.56 Å². The molecule has 2 aromatic heterocycles. The summed E-state index contributed by atoms with van der Waals surface area (Å²) >= 11 is 0. The van der Waals surface area contributed by atoms with Gasteiger partial charge in [-0.1, -0.05) is 0 Å². The number of ether oxygens (including phenoxy) is 1. The van der Waals surface area contributed by atoms with Gasteiger partial charge in [0.15, 0.2) is 5.76 Å². The van der Waals surface area contributed by atoms with Crippen LogP contribution in [-0.2, 0) is 16.1 Å². The van der Waals surface area contributed by atoms with Gasteiger partial charge < -0.3 is 9.15 Å². The molecule has 2 rings (SSSR count). The van der Waals surface area contributed by atoms with E-state index in [-0.39, 0.29) is 12.1 Å². The molecule has 0 bridgehead atoms. The summed E-state index contributed by atoms with van der Waals surface area (Å²) in [6.45, 7) is -0.218. The Labute approximate surface area is 96.4 Å². The van der Waals surface area contributed by atoms with Gasteiger partial charge >= 0.3 is 5.97 Å². The molecule has 2 aromatic rings. The molecule has 0 amide bonds. The summed E-state index contributed by atoms with van der Waals surface area (Å²) in [5.41, 5.74) is 0.115. The van der Waals surface area contributed by atoms with Gasteiger partial charge in [0.25, 0.3) is 5.56 Å². The molecule has 0 fully saturated rings. The number of aromatic nitrogens is 2. The van der Waals surface area contributed by atoms with Crippen molar-refractivity contribution in [2.45, 2.75) is 6.54 Å². The summed E-state index contributed by atoms with van der Waals surface area (Å²) in [5.74, 6) is -0.000175. The maximum atomic E-state index is 11.5. The van der Waals surface area contributed by atoms with Crippen molar-refractivity contribution in [1.82, 2.24) is 9.78 Å². The largest absolute Gasteiger partial charge is 0.468 e. The van der Waals surface area contributed by atoms with E-state index in [2.05, 4.69) is 9.84 Å². The lowest BCUT2D eigenvalue weighted by molar-refractivity contribution is -0.141. The van der Waals surface area contributed by atoms with Gasteiger partial charge in [0.1, 0.15) is 12.2 Å². The minimum absolute atomic E-state index is 0.218. The van der Waals surface area contributed by atoms with Crippen LogP contribution in [0.2, 0.25) is 0 Å². The van der Waals surface area contributed by atoms with E-state index in [1.807, 2.05) is 0 Å². The van der Waals surface area contributed by atoms with Crippen molar-refractivity contribution in [3.63, 3.8) is 0 Å². The van der Waals surface area contributed by atoms with Crippen LogP contribution in [0.5, 0.6) is 0 Å². The van der Waals surface area contributed by atoms with Crippen LogP contribution in [0.1, 0.15) is 0 Å². The van der Waals surface area contributed by atoms with E-state index < -0.39 is 5.97 Å². The fourth-order valence-corrected chi connectivity index (χ4v) is 1.30. The van der Waals surface area contributed by atoms with Crippen molar-refractivity contribution < 1.29 is 13.9 Å². The number of methoxy groups -OCH3 is 1. The fourth-order valence-electron chi connectivity index (χ4n) is 1.30. The molecule has 0 aliphatic heterocycles. The second kappa shape index (κ2) is 4.65. The number of furan rings is 1. The second-order valence-corrected chi connectivity index (χ2v) is 3.27. The molecule has 0 unspecified atom stereocenters. The van der Waals surface area contributed by atoms with Gasteiger partial charge in [0, 0.05) is 6.07 Å². The van der Waals surface area contributed by atoms with E-state index in [4.69, 9.17) is 4.42 Å². The third kappa shape index (κ3) is 2.41. The highest BCUT2D eigenvalue weighted by Gasteiger charge is 2.08. The van der Waals surface area contributed by atoms with Crippen molar-refractivity contribution in [3.8, 4) is 11.5 Å². The maximum Gasteiger partial charge on any atom is 0.327 e. The zero-order valence-electron chi connectivity index (χ0n) is 9.12. The number of carbonyl (C=O) groups excluding carboxylic acids is 1. The summed E-state index contributed by atoms with van der Waals surface area (Å²) < 4.78 is 10.7. The molecule has 6 nitrogen and oxygen atoms in total. The Bertz CT molecular complexity index is 571. The predicted molar refractivity (Wildman–Crippen MR) is 58.2 cm³/mol. The summed E-state index contributed by atoms with van der Waals surface area (Å²) in [7, 11) is 1.25. The summed E-state index contributed by atoms with van der Waals surface area (Å²) in [5, 5.41) is 4.01. The molecule has 0 atom stereocenters. The quantitative estimate of drug-likeness (QED) is 0.730. The van der Waals surface area contributed by atoms with E-state index in [1.165, 1.54) is 25.5 Å². The first-order valence-electron chi connectivity index (χ1n) is 4.89. The van der Waals surface area contributed by atoms with Crippen molar-refractivity contribution in [2.24, 2.45) is 0 Å². The first-order chi connectivity index (χ1) is 8.20. The highest BCUT2D eigenvalue weighted by molar-refractivity contribution is 5.68. The Hall–Kier alpha value is -2.37. The number of rotatable bonds is 3. The van der Waals surface area contributed by atoms with Gasteiger partial charge in [-0.15, -0.1) is 0 Å². The fraction of sp³-hybridized carbons (Fsp3) is 0.182. The molecule has 88 valence electrons. The smallest absolute Gasteiger partial charge is 0.327 e. The monoisotopic (exact) mass is 234 g/mol. The molecule has 0 saturated heterocycles. The van der Waals surface area contributed by atoms with Gasteiger partial charge in [-0.05, 0) is 18.2 Å². The van der Waals surface area contributed by atoms with Crippen molar-refractivity contribution >= 4 is 5.97 Å². The van der Waals surface area contributed by atoms with Crippen molar-refractivity contribution in [2.75, 3.05) is 7.11 Å². The summed E-state index contributed by atoms with van der Waals surface area (Å²) in [6.07, 6.45) is 1.51. The molecule has 2 heterocycles. The SMILES string of the molecule is COC(=O)Cn1nc(-c2ccco2)ccc1=O. The Balaban J connectivity index is 2.36. The number of esters is 1. The van der Waals surface area contributed by atoms with Gasteiger partial charge in [-0.3, -0.25) is 9.59 Å². The minimum atomic E-state index is -0.531. The van der Waals surface area contributed by atoms with Crippen LogP contribution in [0, 0.1) is 0 Å². The normalized spacial score (nSPS) is 10.2. The Kier molecular flexibility index (Phi) is 3.04. The molecule has 0 aliphatic rings. The zero-order chi connectivity index (χ0) is 12.3. The van der Waals surface area contributed by atoms with Crippen molar-refractivity contribution in [3.05, 3.63) is 40.9 Å². The zero-order valence-corrected chi connectivity index (χ0v) is 9.12. The Morgan fingerprint density at radius 2 is 2.29 bits per heavy atom. The standard InChI is InChI=1S/C11H10N2O4/c1-16-11(15)7-13-10(14)5-4-8(12-13)9-3-2-6-17-9/h2-6H,7H2,1H3. The minimum Gasteiger partial charge on any atom is -0.468 e. The van der Waals surface area contributed by atoms with Crippen LogP contribution in [0.4, 0.5) is 0 Å².